The fourth-order valence-electron chi connectivity index (χ4n) is 3.04. The zero-order valence-electron chi connectivity index (χ0n) is 14.2. The molecule has 2 N–H and O–H groups in total. The van der Waals surface area contributed by atoms with Crippen molar-refractivity contribution in [2.75, 3.05) is 11.9 Å². The highest BCUT2D eigenvalue weighted by Gasteiger charge is 2.34. The van der Waals surface area contributed by atoms with Crippen LogP contribution < -0.4 is 10.6 Å². The Morgan fingerprint density at radius 1 is 1.16 bits per heavy atom. The van der Waals surface area contributed by atoms with Crippen molar-refractivity contribution >= 4 is 17.6 Å². The molecule has 1 aromatic carbocycles. The molecule has 0 radical (unpaired) electrons. The van der Waals surface area contributed by atoms with Gasteiger partial charge >= 0.3 is 6.03 Å². The number of nitrogens with zero attached hydrogens (tertiary/aromatic N) is 2. The lowest BCUT2D eigenvalue weighted by Crippen LogP contribution is -2.47. The minimum atomic E-state index is -0.437. The molecule has 6 heteroatoms. The third kappa shape index (κ3) is 4.15. The van der Waals surface area contributed by atoms with Gasteiger partial charge in [-0.1, -0.05) is 18.2 Å². The molecule has 3 amide bonds. The van der Waals surface area contributed by atoms with Crippen molar-refractivity contribution in [1.29, 1.82) is 0 Å². The molecule has 3 rings (SSSR count). The number of anilines is 1. The first-order valence-corrected chi connectivity index (χ1v) is 8.48. The first kappa shape index (κ1) is 17.0. The van der Waals surface area contributed by atoms with Gasteiger partial charge in [-0.15, -0.1) is 0 Å². The minimum absolute atomic E-state index is 0.120. The van der Waals surface area contributed by atoms with E-state index in [1.54, 1.807) is 17.3 Å². The highest BCUT2D eigenvalue weighted by atomic mass is 16.2. The predicted octanol–water partition coefficient (Wildman–Crippen LogP) is 2.96. The van der Waals surface area contributed by atoms with E-state index in [1.807, 2.05) is 49.4 Å². The number of urea groups is 1. The monoisotopic (exact) mass is 338 g/mol. The Morgan fingerprint density at radius 2 is 1.88 bits per heavy atom. The molecule has 2 heterocycles. The zero-order chi connectivity index (χ0) is 17.6. The second-order valence-electron chi connectivity index (χ2n) is 6.16. The fraction of sp³-hybridized carbons (Fsp3) is 0.316. The first-order valence-electron chi connectivity index (χ1n) is 8.48. The van der Waals surface area contributed by atoms with Crippen LogP contribution in [0.25, 0.3) is 0 Å². The Hall–Kier alpha value is -2.89. The van der Waals surface area contributed by atoms with Gasteiger partial charge in [-0.3, -0.25) is 9.78 Å². The van der Waals surface area contributed by atoms with E-state index in [9.17, 15) is 9.59 Å². The van der Waals surface area contributed by atoms with E-state index in [4.69, 9.17) is 0 Å². The molecule has 0 bridgehead atoms. The quantitative estimate of drug-likeness (QED) is 0.900. The van der Waals surface area contributed by atoms with E-state index in [1.165, 1.54) is 0 Å². The number of carbonyl (C=O) groups excluding carboxylic acids is 2. The van der Waals surface area contributed by atoms with E-state index in [0.29, 0.717) is 13.0 Å². The second kappa shape index (κ2) is 7.79. The Balaban J connectivity index is 1.62. The van der Waals surface area contributed by atoms with E-state index >= 15 is 0 Å². The number of nitrogens with one attached hydrogen (secondary N) is 2. The van der Waals surface area contributed by atoms with Gasteiger partial charge in [0.1, 0.15) is 6.04 Å². The van der Waals surface area contributed by atoms with Crippen molar-refractivity contribution in [3.63, 3.8) is 0 Å². The van der Waals surface area contributed by atoms with Crippen LogP contribution in [-0.2, 0) is 4.79 Å². The number of likely N-dealkylation sites (tertiary alicyclic amines) is 1. The highest BCUT2D eigenvalue weighted by Crippen LogP contribution is 2.20. The summed E-state index contributed by atoms with van der Waals surface area (Å²) in [6.45, 7) is 2.51. The van der Waals surface area contributed by atoms with E-state index in [-0.39, 0.29) is 18.0 Å². The van der Waals surface area contributed by atoms with Crippen LogP contribution >= 0.6 is 0 Å². The van der Waals surface area contributed by atoms with Crippen LogP contribution in [-0.4, -0.2) is 34.4 Å². The average molecular weight is 338 g/mol. The number of rotatable bonds is 4. The van der Waals surface area contributed by atoms with Crippen molar-refractivity contribution in [1.82, 2.24) is 15.2 Å². The first-order chi connectivity index (χ1) is 12.1. The summed E-state index contributed by atoms with van der Waals surface area (Å²) in [5, 5.41) is 5.85. The molecule has 1 saturated heterocycles. The van der Waals surface area contributed by atoms with Gasteiger partial charge in [0.25, 0.3) is 0 Å². The second-order valence-corrected chi connectivity index (χ2v) is 6.16. The Morgan fingerprint density at radius 3 is 2.60 bits per heavy atom. The van der Waals surface area contributed by atoms with Gasteiger partial charge in [-0.2, -0.15) is 0 Å². The van der Waals surface area contributed by atoms with Gasteiger partial charge in [0.2, 0.25) is 5.91 Å². The molecule has 130 valence electrons. The van der Waals surface area contributed by atoms with Gasteiger partial charge in [0, 0.05) is 24.6 Å². The Bertz CT molecular complexity index is 721. The zero-order valence-corrected chi connectivity index (χ0v) is 14.2. The molecule has 0 aliphatic carbocycles. The number of pyridine rings is 1. The Labute approximate surface area is 147 Å². The number of benzene rings is 1. The summed E-state index contributed by atoms with van der Waals surface area (Å²) in [4.78, 5) is 30.8. The van der Waals surface area contributed by atoms with Crippen molar-refractivity contribution in [2.24, 2.45) is 0 Å². The van der Waals surface area contributed by atoms with Crippen molar-refractivity contribution < 1.29 is 9.59 Å². The van der Waals surface area contributed by atoms with E-state index < -0.39 is 6.04 Å². The molecule has 1 aromatic heterocycles. The van der Waals surface area contributed by atoms with Crippen molar-refractivity contribution in [2.45, 2.75) is 31.8 Å². The number of carbonyl (C=O) groups is 2. The molecular formula is C19H22N4O2. The van der Waals surface area contributed by atoms with Gasteiger partial charge in [0.05, 0.1) is 6.04 Å². The minimum Gasteiger partial charge on any atom is -0.348 e. The maximum absolute atomic E-state index is 12.6. The summed E-state index contributed by atoms with van der Waals surface area (Å²) in [7, 11) is 0. The van der Waals surface area contributed by atoms with Crippen molar-refractivity contribution in [3.8, 4) is 0 Å². The van der Waals surface area contributed by atoms with Gasteiger partial charge in [0.15, 0.2) is 0 Å². The number of hydrogen-bond acceptors (Lipinski definition) is 3. The van der Waals surface area contributed by atoms with Gasteiger partial charge in [-0.25, -0.2) is 4.79 Å². The van der Waals surface area contributed by atoms with Crippen LogP contribution in [0.4, 0.5) is 10.5 Å². The lowest BCUT2D eigenvalue weighted by molar-refractivity contribution is -0.125. The number of para-hydroxylation sites is 1. The standard InChI is InChI=1S/C19H22N4O2/c1-14(15-9-11-20-12-10-15)21-18(24)17-8-5-13-23(17)19(25)22-16-6-3-2-4-7-16/h2-4,6-7,9-12,14,17H,5,8,13H2,1H3,(H,21,24)(H,22,25)/t14-,17-/m0/s1. The molecule has 0 saturated carbocycles. The lowest BCUT2D eigenvalue weighted by atomic mass is 10.1. The normalized spacial score (nSPS) is 17.8. The molecule has 0 unspecified atom stereocenters. The molecule has 1 aliphatic heterocycles. The summed E-state index contributed by atoms with van der Waals surface area (Å²) in [5.74, 6) is -0.120. The molecule has 2 aromatic rings. The van der Waals surface area contributed by atoms with Gasteiger partial charge in [-0.05, 0) is 49.6 Å². The summed E-state index contributed by atoms with van der Waals surface area (Å²) in [5.41, 5.74) is 1.71. The number of amides is 3. The number of aromatic nitrogens is 1. The maximum atomic E-state index is 12.6. The SMILES string of the molecule is C[C@H](NC(=O)[C@@H]1CCCN1C(=O)Nc1ccccc1)c1ccncc1. The Kier molecular flexibility index (Phi) is 5.28. The summed E-state index contributed by atoms with van der Waals surface area (Å²) in [6.07, 6.45) is 4.90. The van der Waals surface area contributed by atoms with Crippen LogP contribution in [0.5, 0.6) is 0 Å². The summed E-state index contributed by atoms with van der Waals surface area (Å²) >= 11 is 0. The predicted molar refractivity (Wildman–Crippen MR) is 96.0 cm³/mol. The molecule has 1 fully saturated rings. The van der Waals surface area contributed by atoms with Crippen LogP contribution in [0.15, 0.2) is 54.9 Å². The topological polar surface area (TPSA) is 74.3 Å². The molecule has 1 aliphatic rings. The molecule has 0 spiro atoms. The largest absolute Gasteiger partial charge is 0.348 e. The van der Waals surface area contributed by atoms with Crippen LogP contribution in [0.2, 0.25) is 0 Å². The third-order valence-electron chi connectivity index (χ3n) is 4.41. The molecule has 2 atom stereocenters. The maximum Gasteiger partial charge on any atom is 0.322 e. The average Bonchev–Trinajstić information content (AvgIpc) is 3.13. The third-order valence-corrected chi connectivity index (χ3v) is 4.41. The fourth-order valence-corrected chi connectivity index (χ4v) is 3.04. The summed E-state index contributed by atoms with van der Waals surface area (Å²) < 4.78 is 0. The van der Waals surface area contributed by atoms with Crippen molar-refractivity contribution in [3.05, 3.63) is 60.4 Å². The summed E-state index contributed by atoms with van der Waals surface area (Å²) in [6, 6.07) is 12.2. The van der Waals surface area contributed by atoms with Gasteiger partial charge < -0.3 is 15.5 Å². The van der Waals surface area contributed by atoms with E-state index in [2.05, 4.69) is 15.6 Å². The molecule has 6 nitrogen and oxygen atoms in total. The molecule has 25 heavy (non-hydrogen) atoms. The van der Waals surface area contributed by atoms with E-state index in [0.717, 1.165) is 17.7 Å². The van der Waals surface area contributed by atoms with Crippen LogP contribution in [0.3, 0.4) is 0 Å². The number of hydrogen-bond donors (Lipinski definition) is 2. The highest BCUT2D eigenvalue weighted by molar-refractivity contribution is 5.94. The van der Waals surface area contributed by atoms with Crippen LogP contribution in [0, 0.1) is 0 Å². The van der Waals surface area contributed by atoms with Crippen LogP contribution in [0.1, 0.15) is 31.4 Å². The molecular weight excluding hydrogens is 316 g/mol. The smallest absolute Gasteiger partial charge is 0.322 e. The lowest BCUT2D eigenvalue weighted by Gasteiger charge is -2.26.